The van der Waals surface area contributed by atoms with Gasteiger partial charge in [-0.15, -0.1) is 0 Å². The van der Waals surface area contributed by atoms with Crippen molar-refractivity contribution in [2.75, 3.05) is 7.11 Å². The average molecular weight is 567 g/mol. The number of halogens is 1. The highest BCUT2D eigenvalue weighted by atomic mass is 79.9. The van der Waals surface area contributed by atoms with Gasteiger partial charge in [-0.1, -0.05) is 63.6 Å². The molecule has 0 N–H and O–H groups in total. The maximum atomic E-state index is 10.7. The fourth-order valence-corrected chi connectivity index (χ4v) is 5.83. The van der Waals surface area contributed by atoms with E-state index in [1.807, 2.05) is 38.5 Å². The Morgan fingerprint density at radius 3 is 2.43 bits per heavy atom. The lowest BCUT2D eigenvalue weighted by Crippen LogP contribution is -2.18. The SMILES string of the molecule is C=C/C=C(\C=C/C)CC(C)=O.CCCC(CCC)C1c2ncc(Br)cc2CCc2cc(C)cc(OC)c21. The number of ether oxygens (including phenoxy) is 1. The van der Waals surface area contributed by atoms with Crippen LogP contribution in [0.4, 0.5) is 0 Å². The molecule has 1 atom stereocenters. The van der Waals surface area contributed by atoms with Crippen molar-refractivity contribution in [1.29, 1.82) is 0 Å². The molecule has 3 rings (SSSR count). The molecule has 4 heteroatoms. The summed E-state index contributed by atoms with van der Waals surface area (Å²) >= 11 is 3.62. The van der Waals surface area contributed by atoms with E-state index in [4.69, 9.17) is 9.72 Å². The number of carbonyl (C=O) groups excluding carboxylic acids is 1. The standard InChI is InChI=1S/C23H30BrNO.C10H14O/c1-5-7-16(8-6-2)22-21-17(11-15(3)12-20(21)26-4)9-10-18-13-19(24)14-25-23(18)22;1-4-6-10(7-5-2)8-9(3)11/h11-14,16,22H,5-10H2,1-4H3;4-7H,1,8H2,2-3H3/b;7-5-,10-6+. The number of benzene rings is 1. The molecule has 0 radical (unpaired) electrons. The van der Waals surface area contributed by atoms with Gasteiger partial charge in [0.25, 0.3) is 0 Å². The predicted molar refractivity (Wildman–Crippen MR) is 161 cm³/mol. The minimum absolute atomic E-state index is 0.177. The molecular formula is C33H44BrNO2. The predicted octanol–water partition coefficient (Wildman–Crippen LogP) is 9.26. The fraction of sp³-hybridized carbons (Fsp3) is 0.455. The Morgan fingerprint density at radius 1 is 1.19 bits per heavy atom. The van der Waals surface area contributed by atoms with E-state index in [1.165, 1.54) is 53.6 Å². The Hall–Kier alpha value is -2.46. The first-order valence-electron chi connectivity index (χ1n) is 13.5. The van der Waals surface area contributed by atoms with Gasteiger partial charge in [0.05, 0.1) is 12.8 Å². The van der Waals surface area contributed by atoms with E-state index in [0.29, 0.717) is 18.3 Å². The van der Waals surface area contributed by atoms with E-state index in [2.05, 4.69) is 61.5 Å². The van der Waals surface area contributed by atoms with Crippen LogP contribution in [0.1, 0.15) is 93.7 Å². The van der Waals surface area contributed by atoms with Gasteiger partial charge in [-0.3, -0.25) is 9.78 Å². The summed E-state index contributed by atoms with van der Waals surface area (Å²) in [5.41, 5.74) is 7.77. The largest absolute Gasteiger partial charge is 0.496 e. The molecule has 2 aromatic rings. The molecule has 0 spiro atoms. The molecule has 0 bridgehead atoms. The number of ketones is 1. The van der Waals surface area contributed by atoms with Gasteiger partial charge in [-0.25, -0.2) is 0 Å². The highest BCUT2D eigenvalue weighted by molar-refractivity contribution is 9.10. The smallest absolute Gasteiger partial charge is 0.134 e. The lowest BCUT2D eigenvalue weighted by Gasteiger charge is -2.30. The second kappa shape index (κ2) is 15.7. The second-order valence-corrected chi connectivity index (χ2v) is 10.8. The van der Waals surface area contributed by atoms with E-state index in [9.17, 15) is 4.79 Å². The molecule has 37 heavy (non-hydrogen) atoms. The number of rotatable bonds is 10. The van der Waals surface area contributed by atoms with Crippen LogP contribution < -0.4 is 4.74 Å². The number of carbonyl (C=O) groups is 1. The maximum Gasteiger partial charge on any atom is 0.134 e. The van der Waals surface area contributed by atoms with E-state index in [0.717, 1.165) is 28.6 Å². The van der Waals surface area contributed by atoms with Crippen molar-refractivity contribution in [2.24, 2.45) is 5.92 Å². The van der Waals surface area contributed by atoms with E-state index in [1.54, 1.807) is 13.0 Å². The van der Waals surface area contributed by atoms with Gasteiger partial charge in [0.1, 0.15) is 11.5 Å². The summed E-state index contributed by atoms with van der Waals surface area (Å²) in [5, 5.41) is 0. The molecule has 0 aliphatic heterocycles. The molecule has 1 unspecified atom stereocenters. The average Bonchev–Trinajstić information content (AvgIpc) is 3.00. The third kappa shape index (κ3) is 8.81. The number of hydrogen-bond acceptors (Lipinski definition) is 3. The number of methoxy groups -OCH3 is 1. The van der Waals surface area contributed by atoms with Crippen molar-refractivity contribution in [1.82, 2.24) is 4.98 Å². The second-order valence-electron chi connectivity index (χ2n) is 9.91. The van der Waals surface area contributed by atoms with Crippen molar-refractivity contribution >= 4 is 21.7 Å². The number of hydrogen-bond donors (Lipinski definition) is 0. The van der Waals surface area contributed by atoms with E-state index in [-0.39, 0.29) is 5.78 Å². The molecule has 0 fully saturated rings. The van der Waals surface area contributed by atoms with Crippen molar-refractivity contribution in [3.8, 4) is 5.75 Å². The molecular weight excluding hydrogens is 522 g/mol. The third-order valence-corrected chi connectivity index (χ3v) is 7.22. The van der Waals surface area contributed by atoms with Crippen LogP contribution >= 0.6 is 15.9 Å². The Balaban J connectivity index is 0.000000371. The highest BCUT2D eigenvalue weighted by Gasteiger charge is 2.33. The Kier molecular flexibility index (Phi) is 13.1. The van der Waals surface area contributed by atoms with Gasteiger partial charge in [0, 0.05) is 28.6 Å². The van der Waals surface area contributed by atoms with Crippen LogP contribution in [0.15, 0.2) is 65.3 Å². The van der Waals surface area contributed by atoms with Crippen molar-refractivity contribution in [2.45, 2.75) is 85.5 Å². The topological polar surface area (TPSA) is 39.2 Å². The summed E-state index contributed by atoms with van der Waals surface area (Å²) in [6.45, 7) is 13.8. The number of pyridine rings is 1. The van der Waals surface area contributed by atoms with Gasteiger partial charge >= 0.3 is 0 Å². The van der Waals surface area contributed by atoms with Crippen molar-refractivity contribution < 1.29 is 9.53 Å². The van der Waals surface area contributed by atoms with Crippen LogP contribution in [-0.4, -0.2) is 17.9 Å². The summed E-state index contributed by atoms with van der Waals surface area (Å²) in [6.07, 6.45) is 16.8. The zero-order valence-corrected chi connectivity index (χ0v) is 25.2. The van der Waals surface area contributed by atoms with Gasteiger partial charge in [-0.2, -0.15) is 0 Å². The molecule has 1 heterocycles. The normalized spacial score (nSPS) is 14.9. The highest BCUT2D eigenvalue weighted by Crippen LogP contribution is 2.46. The van der Waals surface area contributed by atoms with Crippen LogP contribution in [0, 0.1) is 12.8 Å². The number of nitrogens with zero attached hydrogens (tertiary/aromatic N) is 1. The van der Waals surface area contributed by atoms with Gasteiger partial charge < -0.3 is 4.74 Å². The number of Topliss-reactive ketones (excluding diaryl/α,β-unsaturated/α-hetero) is 1. The molecule has 1 aromatic heterocycles. The zero-order chi connectivity index (χ0) is 27.4. The summed E-state index contributed by atoms with van der Waals surface area (Å²) in [4.78, 5) is 15.6. The molecule has 1 aliphatic carbocycles. The van der Waals surface area contributed by atoms with Crippen LogP contribution in [0.5, 0.6) is 5.75 Å². The number of fused-ring (bicyclic) bond motifs is 2. The summed E-state index contributed by atoms with van der Waals surface area (Å²) < 4.78 is 6.96. The van der Waals surface area contributed by atoms with Crippen LogP contribution in [-0.2, 0) is 17.6 Å². The lowest BCUT2D eigenvalue weighted by atomic mass is 9.76. The van der Waals surface area contributed by atoms with Crippen molar-refractivity contribution in [3.63, 3.8) is 0 Å². The molecule has 1 aliphatic rings. The van der Waals surface area contributed by atoms with E-state index >= 15 is 0 Å². The van der Waals surface area contributed by atoms with Gasteiger partial charge in [-0.05, 0) is 103 Å². The third-order valence-electron chi connectivity index (χ3n) is 6.79. The summed E-state index contributed by atoms with van der Waals surface area (Å²) in [7, 11) is 1.81. The first-order valence-corrected chi connectivity index (χ1v) is 14.3. The minimum Gasteiger partial charge on any atom is -0.496 e. The van der Waals surface area contributed by atoms with Crippen LogP contribution in [0.2, 0.25) is 0 Å². The van der Waals surface area contributed by atoms with Crippen LogP contribution in [0.25, 0.3) is 0 Å². The monoisotopic (exact) mass is 565 g/mol. The fourth-order valence-electron chi connectivity index (χ4n) is 5.45. The Bertz CT molecular complexity index is 1110. The zero-order valence-electron chi connectivity index (χ0n) is 23.6. The van der Waals surface area contributed by atoms with Gasteiger partial charge in [0.15, 0.2) is 0 Å². The molecule has 0 saturated heterocycles. The van der Waals surface area contributed by atoms with Crippen molar-refractivity contribution in [3.05, 3.63) is 93.3 Å². The lowest BCUT2D eigenvalue weighted by molar-refractivity contribution is -0.116. The first-order chi connectivity index (χ1) is 17.8. The quantitative estimate of drug-likeness (QED) is 0.269. The minimum atomic E-state index is 0.177. The number of aromatic nitrogens is 1. The molecule has 200 valence electrons. The first kappa shape index (κ1) is 30.8. The maximum absolute atomic E-state index is 10.7. The molecule has 1 aromatic carbocycles. The molecule has 3 nitrogen and oxygen atoms in total. The molecule has 0 amide bonds. The number of aryl methyl sites for hydroxylation is 3. The summed E-state index contributed by atoms with van der Waals surface area (Å²) in [6, 6.07) is 6.83. The van der Waals surface area contributed by atoms with E-state index < -0.39 is 0 Å². The Labute approximate surface area is 233 Å². The Morgan fingerprint density at radius 2 is 1.86 bits per heavy atom. The van der Waals surface area contributed by atoms with Gasteiger partial charge in [0.2, 0.25) is 0 Å². The molecule has 0 saturated carbocycles. The number of allylic oxidation sites excluding steroid dienone is 5. The van der Waals surface area contributed by atoms with Crippen LogP contribution in [0.3, 0.4) is 0 Å². The summed E-state index contributed by atoms with van der Waals surface area (Å²) in [5.74, 6) is 2.15.